The number of nitrogens with one attached hydrogen (secondary N) is 2. The number of halogens is 2. The molecule has 1 aromatic carbocycles. The second-order valence-corrected chi connectivity index (χ2v) is 5.74. The number of ether oxygens (including phenoxy) is 1. The predicted octanol–water partition coefficient (Wildman–Crippen LogP) is 3.88. The van der Waals surface area contributed by atoms with Gasteiger partial charge in [-0.15, -0.1) is 0 Å². The number of hydrogen-bond donors (Lipinski definition) is 2. The lowest BCUT2D eigenvalue weighted by Crippen LogP contribution is -2.07. The molecule has 2 aromatic rings. The SMILES string of the molecule is CCOC(=O)c1cc(C(C)=O)[nH]c1Nc1ccc(I)cc1F. The third kappa shape index (κ3) is 3.65. The number of rotatable bonds is 5. The molecule has 0 fully saturated rings. The highest BCUT2D eigenvalue weighted by molar-refractivity contribution is 14.1. The molecule has 2 rings (SSSR count). The van der Waals surface area contributed by atoms with Gasteiger partial charge in [0.2, 0.25) is 0 Å². The van der Waals surface area contributed by atoms with Crippen molar-refractivity contribution in [2.45, 2.75) is 13.8 Å². The molecule has 0 bridgehead atoms. The minimum atomic E-state index is -0.584. The quantitative estimate of drug-likeness (QED) is 0.441. The van der Waals surface area contributed by atoms with Crippen LogP contribution in [0, 0.1) is 9.39 Å². The zero-order chi connectivity index (χ0) is 16.3. The number of hydrogen-bond acceptors (Lipinski definition) is 4. The van der Waals surface area contributed by atoms with E-state index in [0.717, 1.165) is 3.57 Å². The van der Waals surface area contributed by atoms with Crippen molar-refractivity contribution in [3.63, 3.8) is 0 Å². The first-order chi connectivity index (χ1) is 10.4. The van der Waals surface area contributed by atoms with E-state index in [2.05, 4.69) is 10.3 Å². The number of benzene rings is 1. The van der Waals surface area contributed by atoms with Crippen LogP contribution in [-0.4, -0.2) is 23.3 Å². The van der Waals surface area contributed by atoms with Gasteiger partial charge in [-0.05, 0) is 53.8 Å². The van der Waals surface area contributed by atoms with Crippen LogP contribution in [0.1, 0.15) is 34.7 Å². The average molecular weight is 416 g/mol. The number of aromatic amines is 1. The number of aromatic nitrogens is 1. The number of H-pyrrole nitrogens is 1. The molecular weight excluding hydrogens is 402 g/mol. The summed E-state index contributed by atoms with van der Waals surface area (Å²) in [5, 5.41) is 2.80. The van der Waals surface area contributed by atoms with Gasteiger partial charge in [-0.1, -0.05) is 0 Å². The zero-order valence-electron chi connectivity index (χ0n) is 12.0. The van der Waals surface area contributed by atoms with Gasteiger partial charge in [0.25, 0.3) is 0 Å². The van der Waals surface area contributed by atoms with Gasteiger partial charge in [-0.25, -0.2) is 9.18 Å². The summed E-state index contributed by atoms with van der Waals surface area (Å²) >= 11 is 2.00. The van der Waals surface area contributed by atoms with Crippen molar-refractivity contribution < 1.29 is 18.7 Å². The molecule has 116 valence electrons. The topological polar surface area (TPSA) is 71.2 Å². The number of ketones is 1. The van der Waals surface area contributed by atoms with Crippen LogP contribution in [0.2, 0.25) is 0 Å². The number of carbonyl (C=O) groups is 2. The lowest BCUT2D eigenvalue weighted by Gasteiger charge is -2.08. The van der Waals surface area contributed by atoms with Gasteiger partial charge in [0.05, 0.1) is 18.0 Å². The Balaban J connectivity index is 2.40. The van der Waals surface area contributed by atoms with Crippen molar-refractivity contribution in [3.8, 4) is 0 Å². The fourth-order valence-electron chi connectivity index (χ4n) is 1.84. The summed E-state index contributed by atoms with van der Waals surface area (Å²) in [6, 6.07) is 6.04. The molecule has 1 aromatic heterocycles. The molecule has 0 unspecified atom stereocenters. The molecule has 0 radical (unpaired) electrons. The normalized spacial score (nSPS) is 10.4. The number of anilines is 2. The Morgan fingerprint density at radius 1 is 1.36 bits per heavy atom. The Labute approximate surface area is 140 Å². The van der Waals surface area contributed by atoms with E-state index in [-0.39, 0.29) is 35.2 Å². The summed E-state index contributed by atoms with van der Waals surface area (Å²) in [6.07, 6.45) is 0. The Kier molecular flexibility index (Phi) is 5.17. The molecule has 0 saturated carbocycles. The minimum Gasteiger partial charge on any atom is -0.462 e. The molecule has 0 amide bonds. The second kappa shape index (κ2) is 6.91. The average Bonchev–Trinajstić information content (AvgIpc) is 2.86. The van der Waals surface area contributed by atoms with Gasteiger partial charge >= 0.3 is 5.97 Å². The summed E-state index contributed by atoms with van der Waals surface area (Å²) in [7, 11) is 0. The smallest absolute Gasteiger partial charge is 0.341 e. The van der Waals surface area contributed by atoms with E-state index in [1.165, 1.54) is 19.1 Å². The van der Waals surface area contributed by atoms with Crippen molar-refractivity contribution >= 4 is 45.8 Å². The van der Waals surface area contributed by atoms with E-state index < -0.39 is 11.8 Å². The molecule has 5 nitrogen and oxygen atoms in total. The van der Waals surface area contributed by atoms with Crippen LogP contribution in [0.15, 0.2) is 24.3 Å². The van der Waals surface area contributed by atoms with Crippen molar-refractivity contribution in [1.29, 1.82) is 0 Å². The molecule has 0 saturated heterocycles. The maximum absolute atomic E-state index is 13.9. The van der Waals surface area contributed by atoms with Gasteiger partial charge in [0.15, 0.2) is 5.78 Å². The Hall–Kier alpha value is -1.90. The molecule has 0 aliphatic heterocycles. The lowest BCUT2D eigenvalue weighted by molar-refractivity contribution is 0.0528. The molecule has 7 heteroatoms. The summed E-state index contributed by atoms with van der Waals surface area (Å²) in [6.45, 7) is 3.26. The van der Waals surface area contributed by atoms with Gasteiger partial charge in [-0.3, -0.25) is 4.79 Å². The molecule has 0 spiro atoms. The maximum Gasteiger partial charge on any atom is 0.341 e. The van der Waals surface area contributed by atoms with Gasteiger partial charge in [0, 0.05) is 10.5 Å². The van der Waals surface area contributed by atoms with Crippen LogP contribution in [0.25, 0.3) is 0 Å². The third-order valence-electron chi connectivity index (χ3n) is 2.88. The van der Waals surface area contributed by atoms with E-state index in [9.17, 15) is 14.0 Å². The van der Waals surface area contributed by atoms with E-state index in [1.807, 2.05) is 22.6 Å². The molecule has 1 heterocycles. The highest BCUT2D eigenvalue weighted by Crippen LogP contribution is 2.25. The van der Waals surface area contributed by atoms with Gasteiger partial charge in [0.1, 0.15) is 17.2 Å². The molecule has 22 heavy (non-hydrogen) atoms. The van der Waals surface area contributed by atoms with Crippen molar-refractivity contribution in [2.75, 3.05) is 11.9 Å². The van der Waals surface area contributed by atoms with Crippen molar-refractivity contribution in [3.05, 3.63) is 44.9 Å². The van der Waals surface area contributed by atoms with Crippen LogP contribution in [0.4, 0.5) is 15.9 Å². The first kappa shape index (κ1) is 16.5. The number of esters is 1. The largest absolute Gasteiger partial charge is 0.462 e. The molecular formula is C15H14FIN2O3. The standard InChI is InChI=1S/C15H14FIN2O3/c1-3-22-15(21)10-7-13(8(2)20)19-14(10)18-12-5-4-9(17)6-11(12)16/h4-7,18-19H,3H2,1-2H3. The van der Waals surface area contributed by atoms with Crippen LogP contribution in [0.5, 0.6) is 0 Å². The zero-order valence-corrected chi connectivity index (χ0v) is 14.2. The number of Topliss-reactive ketones (excluding diaryl/α,β-unsaturated/α-hetero) is 1. The minimum absolute atomic E-state index is 0.157. The summed E-state index contributed by atoms with van der Waals surface area (Å²) in [5.74, 6) is -1.05. The van der Waals surface area contributed by atoms with Gasteiger partial charge < -0.3 is 15.0 Å². The molecule has 0 atom stereocenters. The first-order valence-electron chi connectivity index (χ1n) is 6.55. The van der Waals surface area contributed by atoms with Gasteiger partial charge in [-0.2, -0.15) is 0 Å². The third-order valence-corrected chi connectivity index (χ3v) is 3.55. The Morgan fingerprint density at radius 2 is 2.09 bits per heavy atom. The fourth-order valence-corrected chi connectivity index (χ4v) is 2.29. The monoisotopic (exact) mass is 416 g/mol. The second-order valence-electron chi connectivity index (χ2n) is 4.50. The highest BCUT2D eigenvalue weighted by Gasteiger charge is 2.19. The lowest BCUT2D eigenvalue weighted by atomic mass is 10.2. The Bertz CT molecular complexity index is 728. The van der Waals surface area contributed by atoms with Crippen LogP contribution in [-0.2, 0) is 4.74 Å². The first-order valence-corrected chi connectivity index (χ1v) is 7.63. The van der Waals surface area contributed by atoms with E-state index >= 15 is 0 Å². The summed E-state index contributed by atoms with van der Waals surface area (Å²) in [5.41, 5.74) is 0.601. The van der Waals surface area contributed by atoms with Crippen molar-refractivity contribution in [1.82, 2.24) is 4.98 Å². The molecule has 0 aliphatic rings. The summed E-state index contributed by atoms with van der Waals surface area (Å²) < 4.78 is 19.6. The predicted molar refractivity (Wildman–Crippen MR) is 89.2 cm³/mol. The summed E-state index contributed by atoms with van der Waals surface area (Å²) in [4.78, 5) is 26.2. The van der Waals surface area contributed by atoms with E-state index in [1.54, 1.807) is 19.1 Å². The van der Waals surface area contributed by atoms with Crippen LogP contribution >= 0.6 is 22.6 Å². The highest BCUT2D eigenvalue weighted by atomic mass is 127. The molecule has 0 aliphatic carbocycles. The number of carbonyl (C=O) groups excluding carboxylic acids is 2. The van der Waals surface area contributed by atoms with Crippen LogP contribution < -0.4 is 5.32 Å². The maximum atomic E-state index is 13.9. The fraction of sp³-hybridized carbons (Fsp3) is 0.200. The van der Waals surface area contributed by atoms with Crippen molar-refractivity contribution in [2.24, 2.45) is 0 Å². The molecule has 2 N–H and O–H groups in total. The van der Waals surface area contributed by atoms with E-state index in [0.29, 0.717) is 0 Å². The van der Waals surface area contributed by atoms with Crippen LogP contribution in [0.3, 0.4) is 0 Å². The Morgan fingerprint density at radius 3 is 2.68 bits per heavy atom. The van der Waals surface area contributed by atoms with E-state index in [4.69, 9.17) is 4.74 Å².